The van der Waals surface area contributed by atoms with Gasteiger partial charge in [-0.2, -0.15) is 0 Å². The van der Waals surface area contributed by atoms with Crippen molar-refractivity contribution in [2.24, 2.45) is 0 Å². The van der Waals surface area contributed by atoms with Gasteiger partial charge in [-0.25, -0.2) is 9.59 Å². The van der Waals surface area contributed by atoms with E-state index in [0.717, 1.165) is 12.2 Å². The zero-order valence-electron chi connectivity index (χ0n) is 6.24. The fourth-order valence-corrected chi connectivity index (χ4v) is 0.501. The highest BCUT2D eigenvalue weighted by Gasteiger charge is 2.05. The minimum Gasteiger partial charge on any atom is -0.478 e. The van der Waals surface area contributed by atoms with Gasteiger partial charge in [0.2, 0.25) is 0 Å². The van der Waals surface area contributed by atoms with Crippen LogP contribution in [0.4, 0.5) is 0 Å². The van der Waals surface area contributed by atoms with Crippen LogP contribution in [0.2, 0.25) is 0 Å². The van der Waals surface area contributed by atoms with Gasteiger partial charge in [0.15, 0.2) is 0 Å². The first-order valence-corrected chi connectivity index (χ1v) is 3.33. The molecular weight excluding hydrogens is 184 g/mol. The topological polar surface area (TPSA) is 74.6 Å². The molecule has 0 radical (unpaired) electrons. The summed E-state index contributed by atoms with van der Waals surface area (Å²) in [7, 11) is 0. The van der Waals surface area contributed by atoms with Crippen LogP contribution < -0.4 is 0 Å². The standard InChI is InChI=1S/C7H7ClO4/c1-4(2-3-5(9)10)6(8)7(11)12/h2-3H,1H3,(H,9,10)(H,11,12)/b3-2-,6-4-. The molecule has 0 aliphatic carbocycles. The molecule has 0 atom stereocenters. The molecule has 0 saturated carbocycles. The second-order valence-electron chi connectivity index (χ2n) is 1.97. The summed E-state index contributed by atoms with van der Waals surface area (Å²) in [6.07, 6.45) is 1.94. The van der Waals surface area contributed by atoms with Gasteiger partial charge in [-0.3, -0.25) is 0 Å². The molecule has 66 valence electrons. The van der Waals surface area contributed by atoms with Crippen LogP contribution in [0, 0.1) is 0 Å². The van der Waals surface area contributed by atoms with Gasteiger partial charge in [0.1, 0.15) is 5.03 Å². The molecule has 0 aromatic carbocycles. The predicted molar refractivity (Wildman–Crippen MR) is 43.0 cm³/mol. The van der Waals surface area contributed by atoms with Crippen LogP contribution >= 0.6 is 11.6 Å². The second kappa shape index (κ2) is 4.56. The van der Waals surface area contributed by atoms with E-state index in [1.54, 1.807) is 0 Å². The van der Waals surface area contributed by atoms with Gasteiger partial charge in [-0.1, -0.05) is 17.7 Å². The van der Waals surface area contributed by atoms with E-state index in [-0.39, 0.29) is 10.6 Å². The largest absolute Gasteiger partial charge is 0.478 e. The van der Waals surface area contributed by atoms with E-state index < -0.39 is 11.9 Å². The molecule has 0 spiro atoms. The smallest absolute Gasteiger partial charge is 0.347 e. The van der Waals surface area contributed by atoms with Crippen molar-refractivity contribution in [3.05, 3.63) is 22.8 Å². The van der Waals surface area contributed by atoms with Crippen LogP contribution in [0.25, 0.3) is 0 Å². The third-order valence-corrected chi connectivity index (χ3v) is 1.47. The summed E-state index contributed by atoms with van der Waals surface area (Å²) in [5.74, 6) is -2.42. The fourth-order valence-electron chi connectivity index (χ4n) is 0.438. The van der Waals surface area contributed by atoms with E-state index in [0.29, 0.717) is 0 Å². The average Bonchev–Trinajstić information content (AvgIpc) is 1.98. The lowest BCUT2D eigenvalue weighted by Gasteiger charge is -1.92. The normalized spacial score (nSPS) is 12.8. The zero-order valence-corrected chi connectivity index (χ0v) is 7.00. The first-order chi connectivity index (χ1) is 5.45. The van der Waals surface area contributed by atoms with Crippen LogP contribution in [-0.2, 0) is 9.59 Å². The summed E-state index contributed by atoms with van der Waals surface area (Å²) in [4.78, 5) is 20.2. The Kier molecular flexibility index (Phi) is 4.07. The monoisotopic (exact) mass is 190 g/mol. The molecule has 0 aliphatic heterocycles. The third-order valence-electron chi connectivity index (χ3n) is 1.01. The molecule has 4 nitrogen and oxygen atoms in total. The van der Waals surface area contributed by atoms with Crippen molar-refractivity contribution in [3.63, 3.8) is 0 Å². The first kappa shape index (κ1) is 10.7. The van der Waals surface area contributed by atoms with E-state index >= 15 is 0 Å². The van der Waals surface area contributed by atoms with Crippen LogP contribution in [0.3, 0.4) is 0 Å². The van der Waals surface area contributed by atoms with Crippen molar-refractivity contribution >= 4 is 23.5 Å². The number of aliphatic carboxylic acids is 2. The van der Waals surface area contributed by atoms with Gasteiger partial charge in [0.25, 0.3) is 0 Å². The molecular formula is C7H7ClO4. The molecule has 0 heterocycles. The Morgan fingerprint density at radius 1 is 1.25 bits per heavy atom. The highest BCUT2D eigenvalue weighted by atomic mass is 35.5. The molecule has 0 unspecified atom stereocenters. The highest BCUT2D eigenvalue weighted by molar-refractivity contribution is 6.41. The summed E-state index contributed by atoms with van der Waals surface area (Å²) in [5.41, 5.74) is 0.201. The Morgan fingerprint density at radius 3 is 2.08 bits per heavy atom. The quantitative estimate of drug-likeness (QED) is 0.519. The van der Waals surface area contributed by atoms with E-state index in [2.05, 4.69) is 0 Å². The molecule has 0 saturated heterocycles. The van der Waals surface area contributed by atoms with Crippen molar-refractivity contribution < 1.29 is 19.8 Å². The Bertz CT molecular complexity index is 265. The van der Waals surface area contributed by atoms with Crippen molar-refractivity contribution in [2.45, 2.75) is 6.92 Å². The molecule has 5 heteroatoms. The van der Waals surface area contributed by atoms with Crippen molar-refractivity contribution in [3.8, 4) is 0 Å². The third kappa shape index (κ3) is 3.78. The summed E-state index contributed by atoms with van der Waals surface area (Å²) in [6, 6.07) is 0. The van der Waals surface area contributed by atoms with Crippen LogP contribution in [0.5, 0.6) is 0 Å². The van der Waals surface area contributed by atoms with Crippen LogP contribution in [0.1, 0.15) is 6.92 Å². The minimum absolute atomic E-state index is 0.201. The first-order valence-electron chi connectivity index (χ1n) is 2.96. The summed E-state index contributed by atoms with van der Waals surface area (Å²) < 4.78 is 0. The van der Waals surface area contributed by atoms with Gasteiger partial charge >= 0.3 is 11.9 Å². The number of rotatable bonds is 3. The van der Waals surface area contributed by atoms with Gasteiger partial charge in [-0.15, -0.1) is 0 Å². The maximum Gasteiger partial charge on any atom is 0.347 e. The van der Waals surface area contributed by atoms with Gasteiger partial charge in [-0.05, 0) is 12.5 Å². The number of hydrogen-bond donors (Lipinski definition) is 2. The summed E-state index contributed by atoms with van der Waals surface area (Å²) in [6.45, 7) is 1.41. The van der Waals surface area contributed by atoms with Gasteiger partial charge < -0.3 is 10.2 Å². The number of halogens is 1. The maximum absolute atomic E-state index is 10.2. The van der Waals surface area contributed by atoms with E-state index in [1.165, 1.54) is 6.92 Å². The number of carboxylic acid groups (broad SMARTS) is 2. The Morgan fingerprint density at radius 2 is 1.75 bits per heavy atom. The number of allylic oxidation sites excluding steroid dienone is 2. The molecule has 0 rings (SSSR count). The van der Waals surface area contributed by atoms with E-state index in [4.69, 9.17) is 21.8 Å². The summed E-state index contributed by atoms with van der Waals surface area (Å²) in [5, 5.41) is 16.1. The van der Waals surface area contributed by atoms with Crippen LogP contribution in [0.15, 0.2) is 22.8 Å². The van der Waals surface area contributed by atoms with E-state index in [9.17, 15) is 9.59 Å². The minimum atomic E-state index is -1.27. The predicted octanol–water partition coefficient (Wildman–Crippen LogP) is 1.22. The highest BCUT2D eigenvalue weighted by Crippen LogP contribution is 2.09. The molecule has 0 aliphatic rings. The molecule has 0 aromatic rings. The maximum atomic E-state index is 10.2. The van der Waals surface area contributed by atoms with Crippen molar-refractivity contribution in [2.75, 3.05) is 0 Å². The lowest BCUT2D eigenvalue weighted by atomic mass is 10.2. The molecule has 0 aromatic heterocycles. The number of carbonyl (C=O) groups is 2. The Balaban J connectivity index is 4.58. The average molecular weight is 191 g/mol. The van der Waals surface area contributed by atoms with E-state index in [1.807, 2.05) is 0 Å². The summed E-state index contributed by atoms with van der Waals surface area (Å²) >= 11 is 5.29. The van der Waals surface area contributed by atoms with Crippen molar-refractivity contribution in [1.29, 1.82) is 0 Å². The van der Waals surface area contributed by atoms with Crippen LogP contribution in [-0.4, -0.2) is 22.2 Å². The van der Waals surface area contributed by atoms with Crippen molar-refractivity contribution in [1.82, 2.24) is 0 Å². The fraction of sp³-hybridized carbons (Fsp3) is 0.143. The molecule has 12 heavy (non-hydrogen) atoms. The lowest BCUT2D eigenvalue weighted by Crippen LogP contribution is -1.96. The Labute approximate surface area is 73.8 Å². The molecule has 0 amide bonds. The number of carboxylic acids is 2. The molecule has 0 bridgehead atoms. The zero-order chi connectivity index (χ0) is 9.72. The molecule has 2 N–H and O–H groups in total. The SMILES string of the molecule is CC(/C=C\C(=O)O)=C(/Cl)C(=O)O. The van der Waals surface area contributed by atoms with Gasteiger partial charge in [0.05, 0.1) is 0 Å². The second-order valence-corrected chi connectivity index (χ2v) is 2.35. The molecule has 0 fully saturated rings. The number of hydrogen-bond acceptors (Lipinski definition) is 2. The Hall–Kier alpha value is -1.29. The lowest BCUT2D eigenvalue weighted by molar-refractivity contribution is -0.132. The van der Waals surface area contributed by atoms with Gasteiger partial charge in [0, 0.05) is 6.08 Å².